The molecule has 1 aliphatic rings. The Morgan fingerprint density at radius 3 is 1.53 bits per heavy atom. The Labute approximate surface area is 415 Å². The summed E-state index contributed by atoms with van der Waals surface area (Å²) in [5.41, 5.74) is 0. The van der Waals surface area contributed by atoms with Gasteiger partial charge in [0.1, 0.15) is 24.4 Å². The molecule has 1 saturated heterocycles. The maximum absolute atomic E-state index is 12.9. The lowest BCUT2D eigenvalue weighted by atomic mass is 9.99. The molecule has 0 spiro atoms. The van der Waals surface area contributed by atoms with E-state index in [1.165, 1.54) is 135 Å². The molecule has 0 aromatic heterocycles. The van der Waals surface area contributed by atoms with Crippen molar-refractivity contribution in [2.24, 2.45) is 0 Å². The van der Waals surface area contributed by atoms with E-state index < -0.39 is 49.5 Å². The maximum Gasteiger partial charge on any atom is 0.305 e. The van der Waals surface area contributed by atoms with Crippen molar-refractivity contribution in [3.8, 4) is 0 Å². The van der Waals surface area contributed by atoms with Gasteiger partial charge in [-0.25, -0.2) is 0 Å². The highest BCUT2D eigenvalue weighted by Gasteiger charge is 2.44. The second kappa shape index (κ2) is 47.0. The molecule has 11 nitrogen and oxygen atoms in total. The van der Waals surface area contributed by atoms with E-state index in [1.807, 2.05) is 18.2 Å². The number of rotatable bonds is 47. The fourth-order valence-electron chi connectivity index (χ4n) is 8.42. The Balaban J connectivity index is 2.12. The van der Waals surface area contributed by atoms with Gasteiger partial charge in [0.05, 0.1) is 32.0 Å². The van der Waals surface area contributed by atoms with Crippen molar-refractivity contribution in [1.29, 1.82) is 0 Å². The van der Waals surface area contributed by atoms with Gasteiger partial charge in [-0.15, -0.1) is 0 Å². The topological polar surface area (TPSA) is 175 Å². The summed E-state index contributed by atoms with van der Waals surface area (Å²) in [7, 11) is 0. The highest BCUT2D eigenvalue weighted by atomic mass is 16.7. The average Bonchev–Trinajstić information content (AvgIpc) is 3.33. The van der Waals surface area contributed by atoms with Crippen molar-refractivity contribution >= 4 is 11.9 Å². The number of hydrogen-bond donors (Lipinski definition) is 6. The molecule has 7 atom stereocenters. The normalized spacial score (nSPS) is 19.8. The molecule has 6 N–H and O–H groups in total. The first-order valence-electron chi connectivity index (χ1n) is 27.9. The van der Waals surface area contributed by atoms with Crippen molar-refractivity contribution in [1.82, 2.24) is 5.32 Å². The molecule has 0 saturated carbocycles. The van der Waals surface area contributed by atoms with E-state index in [4.69, 9.17) is 14.2 Å². The highest BCUT2D eigenvalue weighted by molar-refractivity contribution is 5.76. The first-order chi connectivity index (χ1) is 33.2. The zero-order chi connectivity index (χ0) is 49.6. The fourth-order valence-corrected chi connectivity index (χ4v) is 8.42. The lowest BCUT2D eigenvalue weighted by Gasteiger charge is -2.40. The van der Waals surface area contributed by atoms with Gasteiger partial charge >= 0.3 is 5.97 Å². The van der Waals surface area contributed by atoms with E-state index in [-0.39, 0.29) is 24.9 Å². The third kappa shape index (κ3) is 36.5. The Morgan fingerprint density at radius 1 is 0.544 bits per heavy atom. The molecule has 0 aliphatic carbocycles. The first-order valence-corrected chi connectivity index (χ1v) is 27.9. The van der Waals surface area contributed by atoms with Crippen LogP contribution in [-0.2, 0) is 23.8 Å². The number of carbonyl (C=O) groups excluding carboxylic acids is 2. The van der Waals surface area contributed by atoms with Gasteiger partial charge in [0, 0.05) is 12.8 Å². The largest absolute Gasteiger partial charge is 0.466 e. The van der Waals surface area contributed by atoms with Gasteiger partial charge in [0.2, 0.25) is 5.91 Å². The smallest absolute Gasteiger partial charge is 0.305 e. The van der Waals surface area contributed by atoms with Crippen LogP contribution in [0.15, 0.2) is 48.6 Å². The van der Waals surface area contributed by atoms with Gasteiger partial charge in [0.15, 0.2) is 6.29 Å². The van der Waals surface area contributed by atoms with E-state index in [1.54, 1.807) is 6.08 Å². The molecule has 1 fully saturated rings. The lowest BCUT2D eigenvalue weighted by Crippen LogP contribution is -2.60. The number of aliphatic hydroxyl groups excluding tert-OH is 5. The summed E-state index contributed by atoms with van der Waals surface area (Å²) in [6.07, 6.45) is 47.9. The number of nitrogens with one attached hydrogen (secondary N) is 1. The van der Waals surface area contributed by atoms with Crippen LogP contribution in [0.1, 0.15) is 239 Å². The van der Waals surface area contributed by atoms with Crippen LogP contribution in [0, 0.1) is 0 Å². The van der Waals surface area contributed by atoms with Gasteiger partial charge in [-0.2, -0.15) is 0 Å². The van der Waals surface area contributed by atoms with Crippen molar-refractivity contribution in [3.63, 3.8) is 0 Å². The maximum atomic E-state index is 12.9. The van der Waals surface area contributed by atoms with Crippen molar-refractivity contribution in [2.75, 3.05) is 19.8 Å². The van der Waals surface area contributed by atoms with E-state index in [0.717, 1.165) is 70.6 Å². The number of amides is 1. The summed E-state index contributed by atoms with van der Waals surface area (Å²) in [5, 5.41) is 54.0. The number of esters is 1. The summed E-state index contributed by atoms with van der Waals surface area (Å²) in [6, 6.07) is -0.853. The van der Waals surface area contributed by atoms with Crippen LogP contribution in [0.4, 0.5) is 0 Å². The second-order valence-corrected chi connectivity index (χ2v) is 19.3. The van der Waals surface area contributed by atoms with Crippen LogP contribution in [0.25, 0.3) is 0 Å². The van der Waals surface area contributed by atoms with Crippen LogP contribution in [0.3, 0.4) is 0 Å². The summed E-state index contributed by atoms with van der Waals surface area (Å²) in [6.45, 7) is 4.20. The monoisotopic (exact) mass is 962 g/mol. The Kier molecular flexibility index (Phi) is 44.0. The average molecular weight is 962 g/mol. The number of allylic oxidation sites excluding steroid dienone is 7. The van der Waals surface area contributed by atoms with E-state index >= 15 is 0 Å². The molecule has 0 bridgehead atoms. The molecule has 11 heteroatoms. The lowest BCUT2D eigenvalue weighted by molar-refractivity contribution is -0.302. The third-order valence-electron chi connectivity index (χ3n) is 12.9. The number of unbranched alkanes of at least 4 members (excludes halogenated alkanes) is 27. The Hall–Kier alpha value is -2.38. The quantitative estimate of drug-likeness (QED) is 0.0196. The van der Waals surface area contributed by atoms with Gasteiger partial charge in [-0.05, 0) is 77.0 Å². The summed E-state index contributed by atoms with van der Waals surface area (Å²) in [4.78, 5) is 25.0. The number of hydrogen-bond acceptors (Lipinski definition) is 10. The predicted molar refractivity (Wildman–Crippen MR) is 278 cm³/mol. The minimum atomic E-state index is -1.59. The molecule has 68 heavy (non-hydrogen) atoms. The van der Waals surface area contributed by atoms with E-state index in [2.05, 4.69) is 43.5 Å². The molecule has 0 radical (unpaired) electrons. The molecule has 396 valence electrons. The minimum Gasteiger partial charge on any atom is -0.466 e. The SMILES string of the molecule is CCCCCCCCC/C=C\CCCCCCCCCC(=O)OCCCCCCCC/C=C\C/C=C\CCC(=O)NC(COC1OC(CO)C(O)C(O)C1O)C(O)/C=C/CCCCCCCCC. The minimum absolute atomic E-state index is 0.0432. The Morgan fingerprint density at radius 2 is 1.00 bits per heavy atom. The van der Waals surface area contributed by atoms with Crippen LogP contribution >= 0.6 is 0 Å². The van der Waals surface area contributed by atoms with Gasteiger partial charge in [-0.3, -0.25) is 9.59 Å². The number of aliphatic hydroxyl groups is 5. The predicted octanol–water partition coefficient (Wildman–Crippen LogP) is 12.1. The van der Waals surface area contributed by atoms with E-state index in [9.17, 15) is 35.1 Å². The second-order valence-electron chi connectivity index (χ2n) is 19.3. The van der Waals surface area contributed by atoms with Crippen molar-refractivity contribution in [2.45, 2.75) is 281 Å². The van der Waals surface area contributed by atoms with E-state index in [0.29, 0.717) is 19.4 Å². The van der Waals surface area contributed by atoms with Gasteiger partial charge < -0.3 is 45.1 Å². The molecule has 1 aliphatic heterocycles. The zero-order valence-corrected chi connectivity index (χ0v) is 43.3. The van der Waals surface area contributed by atoms with Crippen LogP contribution in [-0.4, -0.2) is 100 Å². The summed E-state index contributed by atoms with van der Waals surface area (Å²) < 4.78 is 16.6. The van der Waals surface area contributed by atoms with Crippen LogP contribution in [0.5, 0.6) is 0 Å². The molecule has 0 aromatic carbocycles. The zero-order valence-electron chi connectivity index (χ0n) is 43.3. The first kappa shape index (κ1) is 63.6. The van der Waals surface area contributed by atoms with Crippen molar-refractivity contribution in [3.05, 3.63) is 48.6 Å². The number of ether oxygens (including phenoxy) is 3. The van der Waals surface area contributed by atoms with Gasteiger partial charge in [0.25, 0.3) is 0 Å². The molecular weight excluding hydrogens is 859 g/mol. The standard InChI is InChI=1S/C57H103NO10/c1-3-5-7-9-11-13-14-15-16-17-18-19-22-25-29-33-37-41-45-53(62)66-46-42-38-34-30-26-23-20-21-24-28-32-36-40-44-52(61)58-49(50(60)43-39-35-31-27-12-10-8-6-4-2)48-67-57-56(65)55(64)54(63)51(47-59)68-57/h16-17,21,24,32,36,39,43,49-51,54-57,59-60,63-65H,3-15,18-20,22-23,25-31,33-35,37-38,40-42,44-48H2,1-2H3,(H,58,61)/b17-16-,24-21-,36-32-,43-39+. The molecule has 1 rings (SSSR count). The molecule has 1 amide bonds. The molecule has 1 heterocycles. The van der Waals surface area contributed by atoms with Crippen molar-refractivity contribution < 1.29 is 49.3 Å². The third-order valence-corrected chi connectivity index (χ3v) is 12.9. The van der Waals surface area contributed by atoms with Crippen LogP contribution in [0.2, 0.25) is 0 Å². The fraction of sp³-hybridized carbons (Fsp3) is 0.825. The summed E-state index contributed by atoms with van der Waals surface area (Å²) in [5.74, 6) is -0.309. The summed E-state index contributed by atoms with van der Waals surface area (Å²) >= 11 is 0. The molecular formula is C57H103NO10. The van der Waals surface area contributed by atoms with Gasteiger partial charge in [-0.1, -0.05) is 197 Å². The highest BCUT2D eigenvalue weighted by Crippen LogP contribution is 2.23. The number of carbonyl (C=O) groups is 2. The Bertz CT molecular complexity index is 1270. The van der Waals surface area contributed by atoms with Crippen LogP contribution < -0.4 is 5.32 Å². The molecule has 7 unspecified atom stereocenters. The molecule has 0 aromatic rings.